The molecule has 4 heteroatoms. The first-order chi connectivity index (χ1) is 16.1. The average molecular weight is 443 g/mol. The molecule has 0 heterocycles. The zero-order valence-corrected chi connectivity index (χ0v) is 19.6. The Hall–Kier alpha value is -3.79. The van der Waals surface area contributed by atoms with Crippen LogP contribution < -0.4 is 14.2 Å². The van der Waals surface area contributed by atoms with Crippen LogP contribution in [0.2, 0.25) is 0 Å². The Morgan fingerprint density at radius 2 is 1.45 bits per heavy atom. The van der Waals surface area contributed by atoms with E-state index in [0.29, 0.717) is 23.7 Å². The first kappa shape index (κ1) is 23.9. The lowest BCUT2D eigenvalue weighted by atomic mass is 10.00. The van der Waals surface area contributed by atoms with Gasteiger partial charge in [0, 0.05) is 5.56 Å². The third-order valence-electron chi connectivity index (χ3n) is 5.47. The Balaban J connectivity index is 1.79. The lowest BCUT2D eigenvalue weighted by molar-refractivity contribution is 0.104. The molecule has 0 saturated carbocycles. The van der Waals surface area contributed by atoms with Crippen molar-refractivity contribution in [3.05, 3.63) is 101 Å². The summed E-state index contributed by atoms with van der Waals surface area (Å²) in [6.45, 7) is 2.06. The monoisotopic (exact) mass is 442 g/mol. The Morgan fingerprint density at radius 3 is 2.09 bits per heavy atom. The van der Waals surface area contributed by atoms with Gasteiger partial charge in [-0.3, -0.25) is 4.79 Å². The molecule has 0 aliphatic rings. The maximum absolute atomic E-state index is 12.6. The molecule has 0 fully saturated rings. The summed E-state index contributed by atoms with van der Waals surface area (Å²) in [5, 5.41) is 0. The maximum Gasteiger partial charge on any atom is 0.203 e. The molecular weight excluding hydrogens is 412 g/mol. The highest BCUT2D eigenvalue weighted by molar-refractivity contribution is 6.05. The Kier molecular flexibility index (Phi) is 8.48. The Bertz CT molecular complexity index is 1130. The molecule has 4 nitrogen and oxygen atoms in total. The summed E-state index contributed by atoms with van der Waals surface area (Å²) in [5.41, 5.74) is 4.99. The van der Waals surface area contributed by atoms with E-state index in [9.17, 15) is 4.79 Å². The molecule has 33 heavy (non-hydrogen) atoms. The number of ether oxygens (including phenoxy) is 3. The molecule has 0 unspecified atom stereocenters. The van der Waals surface area contributed by atoms with Crippen molar-refractivity contribution in [3.63, 3.8) is 0 Å². The Morgan fingerprint density at radius 1 is 0.818 bits per heavy atom. The maximum atomic E-state index is 12.6. The fraction of sp³-hybridized carbons (Fsp3) is 0.207. The van der Waals surface area contributed by atoms with Crippen molar-refractivity contribution in [3.8, 4) is 17.2 Å². The smallest absolute Gasteiger partial charge is 0.203 e. The van der Waals surface area contributed by atoms with Crippen molar-refractivity contribution in [1.29, 1.82) is 0 Å². The molecule has 0 N–H and O–H groups in total. The highest BCUT2D eigenvalue weighted by Gasteiger charge is 2.12. The van der Waals surface area contributed by atoms with Gasteiger partial charge in [0.1, 0.15) is 0 Å². The first-order valence-corrected chi connectivity index (χ1v) is 11.0. The topological polar surface area (TPSA) is 44.8 Å². The molecule has 0 radical (unpaired) electrons. The van der Waals surface area contributed by atoms with Crippen LogP contribution in [0.1, 0.15) is 39.5 Å². The van der Waals surface area contributed by atoms with Crippen LogP contribution in [0.4, 0.5) is 0 Å². The molecule has 170 valence electrons. The molecule has 0 amide bonds. The zero-order chi connectivity index (χ0) is 23.6. The molecular formula is C29H30O4. The van der Waals surface area contributed by atoms with Gasteiger partial charge in [-0.15, -0.1) is 0 Å². The van der Waals surface area contributed by atoms with Crippen LogP contribution in [-0.2, 0) is 12.8 Å². The lowest BCUT2D eigenvalue weighted by Crippen LogP contribution is -2.00. The SMILES string of the molecule is CCc1ccccc1C(=O)/C=C\Cc1ccccc1/C=C\c1cc(OC)c(OC)c(OC)c1. The quantitative estimate of drug-likeness (QED) is 0.206. The summed E-state index contributed by atoms with van der Waals surface area (Å²) >= 11 is 0. The van der Waals surface area contributed by atoms with E-state index >= 15 is 0 Å². The standard InChI is InChI=1S/C29H30O4/c1-5-22-11-8-9-15-25(22)26(30)16-10-14-23-12-6-7-13-24(23)18-17-21-19-27(31-2)29(33-4)28(20-21)32-3/h6-13,15-20H,5,14H2,1-4H3/b16-10-,18-17-. The summed E-state index contributed by atoms with van der Waals surface area (Å²) in [7, 11) is 4.80. The summed E-state index contributed by atoms with van der Waals surface area (Å²) in [6, 6.07) is 19.7. The van der Waals surface area contributed by atoms with Gasteiger partial charge in [-0.25, -0.2) is 0 Å². The van der Waals surface area contributed by atoms with Gasteiger partial charge in [0.2, 0.25) is 5.75 Å². The van der Waals surface area contributed by atoms with Crippen molar-refractivity contribution in [1.82, 2.24) is 0 Å². The molecule has 0 spiro atoms. The lowest BCUT2D eigenvalue weighted by Gasteiger charge is -2.13. The number of carbonyl (C=O) groups excluding carboxylic acids is 1. The number of ketones is 1. The Labute approximate surface area is 196 Å². The van der Waals surface area contributed by atoms with Gasteiger partial charge in [-0.2, -0.15) is 0 Å². The summed E-state index contributed by atoms with van der Waals surface area (Å²) < 4.78 is 16.3. The van der Waals surface area contributed by atoms with Gasteiger partial charge < -0.3 is 14.2 Å². The van der Waals surface area contributed by atoms with Crippen LogP contribution in [-0.4, -0.2) is 27.1 Å². The second-order valence-corrected chi connectivity index (χ2v) is 7.47. The van der Waals surface area contributed by atoms with Gasteiger partial charge in [-0.05, 0) is 53.3 Å². The van der Waals surface area contributed by atoms with E-state index in [4.69, 9.17) is 14.2 Å². The van der Waals surface area contributed by atoms with Crippen molar-refractivity contribution < 1.29 is 19.0 Å². The average Bonchev–Trinajstić information content (AvgIpc) is 2.87. The molecule has 3 aromatic rings. The van der Waals surface area contributed by atoms with E-state index in [1.54, 1.807) is 27.4 Å². The van der Waals surface area contributed by atoms with Gasteiger partial charge >= 0.3 is 0 Å². The van der Waals surface area contributed by atoms with E-state index in [-0.39, 0.29) is 5.78 Å². The van der Waals surface area contributed by atoms with Crippen LogP contribution in [0, 0.1) is 0 Å². The minimum Gasteiger partial charge on any atom is -0.493 e. The van der Waals surface area contributed by atoms with Crippen LogP contribution in [0.25, 0.3) is 12.2 Å². The molecule has 3 aromatic carbocycles. The van der Waals surface area contributed by atoms with Crippen LogP contribution in [0.5, 0.6) is 17.2 Å². The molecule has 0 aliphatic carbocycles. The number of carbonyl (C=O) groups is 1. The third-order valence-corrected chi connectivity index (χ3v) is 5.47. The summed E-state index contributed by atoms with van der Waals surface area (Å²) in [6.07, 6.45) is 9.17. The highest BCUT2D eigenvalue weighted by atomic mass is 16.5. The first-order valence-electron chi connectivity index (χ1n) is 11.0. The zero-order valence-electron chi connectivity index (χ0n) is 19.6. The van der Waals surface area contributed by atoms with Crippen molar-refractivity contribution in [2.75, 3.05) is 21.3 Å². The largest absolute Gasteiger partial charge is 0.493 e. The van der Waals surface area contributed by atoms with Crippen molar-refractivity contribution >= 4 is 17.9 Å². The molecule has 0 bridgehead atoms. The van der Waals surface area contributed by atoms with Crippen molar-refractivity contribution in [2.24, 2.45) is 0 Å². The number of allylic oxidation sites excluding steroid dienone is 2. The summed E-state index contributed by atoms with van der Waals surface area (Å²) in [4.78, 5) is 12.6. The van der Waals surface area contributed by atoms with E-state index < -0.39 is 0 Å². The van der Waals surface area contributed by atoms with Crippen molar-refractivity contribution in [2.45, 2.75) is 19.8 Å². The normalized spacial score (nSPS) is 11.2. The summed E-state index contributed by atoms with van der Waals surface area (Å²) in [5.74, 6) is 1.83. The van der Waals surface area contributed by atoms with Crippen LogP contribution in [0.3, 0.4) is 0 Å². The van der Waals surface area contributed by atoms with E-state index in [1.807, 2.05) is 60.7 Å². The number of methoxy groups -OCH3 is 3. The van der Waals surface area contributed by atoms with Gasteiger partial charge in [0.05, 0.1) is 21.3 Å². The van der Waals surface area contributed by atoms with Gasteiger partial charge in [-0.1, -0.05) is 73.7 Å². The van der Waals surface area contributed by atoms with Crippen LogP contribution >= 0.6 is 0 Å². The second-order valence-electron chi connectivity index (χ2n) is 7.47. The molecule has 0 atom stereocenters. The molecule has 0 saturated heterocycles. The molecule has 0 aromatic heterocycles. The predicted molar refractivity (Wildman–Crippen MR) is 134 cm³/mol. The second kappa shape index (κ2) is 11.7. The minimum atomic E-state index is 0.0397. The number of benzene rings is 3. The van der Waals surface area contributed by atoms with Gasteiger partial charge in [0.25, 0.3) is 0 Å². The third kappa shape index (κ3) is 5.92. The molecule has 0 aliphatic heterocycles. The van der Waals surface area contributed by atoms with E-state index in [1.165, 1.54) is 0 Å². The predicted octanol–water partition coefficient (Wildman–Crippen LogP) is 6.43. The highest BCUT2D eigenvalue weighted by Crippen LogP contribution is 2.38. The van der Waals surface area contributed by atoms with E-state index in [2.05, 4.69) is 25.1 Å². The number of hydrogen-bond acceptors (Lipinski definition) is 4. The minimum absolute atomic E-state index is 0.0397. The number of aryl methyl sites for hydroxylation is 1. The molecule has 3 rings (SSSR count). The fourth-order valence-electron chi connectivity index (χ4n) is 3.72. The van der Waals surface area contributed by atoms with Gasteiger partial charge in [0.15, 0.2) is 17.3 Å². The van der Waals surface area contributed by atoms with Crippen LogP contribution in [0.15, 0.2) is 72.8 Å². The van der Waals surface area contributed by atoms with E-state index in [0.717, 1.165) is 34.2 Å². The number of rotatable bonds is 10. The fourth-order valence-corrected chi connectivity index (χ4v) is 3.72. The number of hydrogen-bond donors (Lipinski definition) is 0.